The third kappa shape index (κ3) is 3.15. The molecule has 2 rings (SSSR count). The molecule has 0 unspecified atom stereocenters. The number of benzene rings is 1. The molecule has 0 fully saturated rings. The Morgan fingerprint density at radius 3 is 2.74 bits per heavy atom. The minimum absolute atomic E-state index is 0.0373. The van der Waals surface area contributed by atoms with E-state index in [1.807, 2.05) is 0 Å². The summed E-state index contributed by atoms with van der Waals surface area (Å²) in [7, 11) is 0. The molecule has 7 nitrogen and oxygen atoms in total. The lowest BCUT2D eigenvalue weighted by molar-refractivity contribution is -0.115. The lowest BCUT2D eigenvalue weighted by Crippen LogP contribution is -2.19. The number of hydrogen-bond donors (Lipinski definition) is 2. The van der Waals surface area contributed by atoms with Crippen LogP contribution >= 0.6 is 0 Å². The number of amides is 2. The van der Waals surface area contributed by atoms with Crippen molar-refractivity contribution in [2.24, 2.45) is 5.73 Å². The molecule has 0 radical (unpaired) electrons. The second-order valence-electron chi connectivity index (χ2n) is 3.86. The van der Waals surface area contributed by atoms with E-state index in [2.05, 4.69) is 15.5 Å². The molecule has 0 atom stereocenters. The first-order chi connectivity index (χ1) is 9.06. The number of para-hydroxylation sites is 1. The lowest BCUT2D eigenvalue weighted by atomic mass is 10.1. The Hall–Kier alpha value is -2.70. The quantitative estimate of drug-likeness (QED) is 0.838. The third-order valence-electron chi connectivity index (χ3n) is 2.35. The zero-order valence-electron chi connectivity index (χ0n) is 10.2. The Labute approximate surface area is 108 Å². The van der Waals surface area contributed by atoms with E-state index in [4.69, 9.17) is 10.3 Å². The topological polar surface area (TPSA) is 111 Å². The molecule has 1 heterocycles. The Bertz CT molecular complexity index is 621. The molecule has 0 saturated heterocycles. The first-order valence-electron chi connectivity index (χ1n) is 5.54. The van der Waals surface area contributed by atoms with Crippen LogP contribution in [0.3, 0.4) is 0 Å². The summed E-state index contributed by atoms with van der Waals surface area (Å²) in [6, 6.07) is 6.49. The smallest absolute Gasteiger partial charge is 0.250 e. The zero-order chi connectivity index (χ0) is 13.8. The summed E-state index contributed by atoms with van der Waals surface area (Å²) >= 11 is 0. The van der Waals surface area contributed by atoms with Gasteiger partial charge in [-0.1, -0.05) is 17.3 Å². The average molecular weight is 260 g/mol. The number of rotatable bonds is 4. The largest absolute Gasteiger partial charge is 0.366 e. The van der Waals surface area contributed by atoms with Gasteiger partial charge in [0, 0.05) is 6.92 Å². The van der Waals surface area contributed by atoms with Gasteiger partial charge in [0.15, 0.2) is 5.82 Å². The number of nitrogens with one attached hydrogen (secondary N) is 1. The molecule has 0 aliphatic heterocycles. The van der Waals surface area contributed by atoms with Gasteiger partial charge < -0.3 is 15.6 Å². The van der Waals surface area contributed by atoms with Crippen LogP contribution in [-0.4, -0.2) is 22.0 Å². The number of nitrogens with zero attached hydrogens (tertiary/aromatic N) is 2. The summed E-state index contributed by atoms with van der Waals surface area (Å²) in [6.45, 7) is 1.64. The molecule has 1 aromatic carbocycles. The molecule has 7 heteroatoms. The van der Waals surface area contributed by atoms with Crippen LogP contribution in [0.15, 0.2) is 28.8 Å². The number of nitrogens with two attached hydrogens (primary N) is 1. The summed E-state index contributed by atoms with van der Waals surface area (Å²) in [6.07, 6.45) is -0.0373. The van der Waals surface area contributed by atoms with Crippen molar-refractivity contribution in [2.75, 3.05) is 5.32 Å². The van der Waals surface area contributed by atoms with Crippen molar-refractivity contribution < 1.29 is 14.1 Å². The number of carbonyl (C=O) groups excluding carboxylic acids is 2. The van der Waals surface area contributed by atoms with E-state index < -0.39 is 5.91 Å². The van der Waals surface area contributed by atoms with Crippen molar-refractivity contribution >= 4 is 17.5 Å². The molecular formula is C12H12N4O3. The highest BCUT2D eigenvalue weighted by atomic mass is 16.5. The molecule has 0 aliphatic carbocycles. The molecule has 0 spiro atoms. The molecule has 98 valence electrons. The fraction of sp³-hybridized carbons (Fsp3) is 0.167. The van der Waals surface area contributed by atoms with Crippen LogP contribution < -0.4 is 11.1 Å². The number of anilines is 1. The Morgan fingerprint density at radius 1 is 1.37 bits per heavy atom. The summed E-state index contributed by atoms with van der Waals surface area (Å²) in [5.41, 5.74) is 5.83. The van der Waals surface area contributed by atoms with E-state index in [0.29, 0.717) is 11.6 Å². The molecule has 2 aromatic rings. The predicted octanol–water partition coefficient (Wildman–Crippen LogP) is 0.658. The molecule has 0 bridgehead atoms. The van der Waals surface area contributed by atoms with Gasteiger partial charge in [-0.15, -0.1) is 0 Å². The number of hydrogen-bond acceptors (Lipinski definition) is 5. The summed E-state index contributed by atoms with van der Waals surface area (Å²) < 4.78 is 4.76. The van der Waals surface area contributed by atoms with Crippen LogP contribution in [0, 0.1) is 6.92 Å². The minimum atomic E-state index is -0.605. The van der Waals surface area contributed by atoms with Crippen LogP contribution in [-0.2, 0) is 11.2 Å². The van der Waals surface area contributed by atoms with Gasteiger partial charge in [-0.25, -0.2) is 0 Å². The van der Waals surface area contributed by atoms with Crippen molar-refractivity contribution in [3.8, 4) is 0 Å². The minimum Gasteiger partial charge on any atom is -0.366 e. The lowest BCUT2D eigenvalue weighted by Gasteiger charge is -2.07. The van der Waals surface area contributed by atoms with Gasteiger partial charge >= 0.3 is 0 Å². The highest BCUT2D eigenvalue weighted by Gasteiger charge is 2.13. The van der Waals surface area contributed by atoms with Crippen LogP contribution in [0.4, 0.5) is 5.69 Å². The van der Waals surface area contributed by atoms with E-state index in [9.17, 15) is 9.59 Å². The third-order valence-corrected chi connectivity index (χ3v) is 2.35. The second-order valence-corrected chi connectivity index (χ2v) is 3.86. The summed E-state index contributed by atoms with van der Waals surface area (Å²) in [5.74, 6) is -0.285. The van der Waals surface area contributed by atoms with Crippen LogP contribution in [0.1, 0.15) is 22.1 Å². The standard InChI is InChI=1S/C12H12N4O3/c1-7-14-10(16-19-7)6-11(17)15-9-5-3-2-4-8(9)12(13)18/h2-5H,6H2,1H3,(H2,13,18)(H,15,17). The van der Waals surface area contributed by atoms with Crippen LogP contribution in [0.2, 0.25) is 0 Å². The van der Waals surface area contributed by atoms with Gasteiger partial charge in [-0.3, -0.25) is 9.59 Å². The SMILES string of the molecule is Cc1nc(CC(=O)Nc2ccccc2C(N)=O)no1. The highest BCUT2D eigenvalue weighted by molar-refractivity contribution is 6.03. The molecule has 1 aromatic heterocycles. The normalized spacial score (nSPS) is 10.2. The highest BCUT2D eigenvalue weighted by Crippen LogP contribution is 2.14. The fourth-order valence-electron chi connectivity index (χ4n) is 1.56. The fourth-order valence-corrected chi connectivity index (χ4v) is 1.56. The van der Waals surface area contributed by atoms with Crippen molar-refractivity contribution in [3.63, 3.8) is 0 Å². The maximum Gasteiger partial charge on any atom is 0.250 e. The monoisotopic (exact) mass is 260 g/mol. The first-order valence-corrected chi connectivity index (χ1v) is 5.54. The summed E-state index contributed by atoms with van der Waals surface area (Å²) in [5, 5.41) is 6.20. The number of carbonyl (C=O) groups is 2. The molecule has 0 saturated carbocycles. The summed E-state index contributed by atoms with van der Waals surface area (Å²) in [4.78, 5) is 26.9. The molecule has 0 aliphatic rings. The van der Waals surface area contributed by atoms with E-state index in [-0.39, 0.29) is 23.7 Å². The van der Waals surface area contributed by atoms with Crippen molar-refractivity contribution in [1.82, 2.24) is 10.1 Å². The number of aromatic nitrogens is 2. The maximum atomic E-state index is 11.8. The molecule has 19 heavy (non-hydrogen) atoms. The molecule has 2 amide bonds. The Balaban J connectivity index is 2.09. The zero-order valence-corrected chi connectivity index (χ0v) is 10.2. The molecular weight excluding hydrogens is 248 g/mol. The van der Waals surface area contributed by atoms with Gasteiger partial charge in [0.05, 0.1) is 17.7 Å². The van der Waals surface area contributed by atoms with Gasteiger partial charge in [-0.2, -0.15) is 4.98 Å². The van der Waals surface area contributed by atoms with Crippen molar-refractivity contribution in [2.45, 2.75) is 13.3 Å². The average Bonchev–Trinajstić information content (AvgIpc) is 2.75. The first kappa shape index (κ1) is 12.7. The van der Waals surface area contributed by atoms with Crippen molar-refractivity contribution in [1.29, 1.82) is 0 Å². The van der Waals surface area contributed by atoms with Gasteiger partial charge in [0.2, 0.25) is 11.8 Å². The predicted molar refractivity (Wildman–Crippen MR) is 66.3 cm³/mol. The van der Waals surface area contributed by atoms with Crippen LogP contribution in [0.25, 0.3) is 0 Å². The van der Waals surface area contributed by atoms with Gasteiger partial charge in [0.25, 0.3) is 5.91 Å². The maximum absolute atomic E-state index is 11.8. The van der Waals surface area contributed by atoms with E-state index in [1.165, 1.54) is 6.07 Å². The molecule has 3 N–H and O–H groups in total. The van der Waals surface area contributed by atoms with Gasteiger partial charge in [0.1, 0.15) is 0 Å². The van der Waals surface area contributed by atoms with E-state index in [1.54, 1.807) is 25.1 Å². The second kappa shape index (κ2) is 5.30. The van der Waals surface area contributed by atoms with Crippen LogP contribution in [0.5, 0.6) is 0 Å². The Kier molecular flexibility index (Phi) is 3.56. The van der Waals surface area contributed by atoms with E-state index in [0.717, 1.165) is 0 Å². The van der Waals surface area contributed by atoms with Crippen molar-refractivity contribution in [3.05, 3.63) is 41.5 Å². The number of aryl methyl sites for hydroxylation is 1. The Morgan fingerprint density at radius 2 is 2.11 bits per heavy atom. The number of primary amides is 1. The van der Waals surface area contributed by atoms with E-state index >= 15 is 0 Å². The van der Waals surface area contributed by atoms with Gasteiger partial charge in [-0.05, 0) is 12.1 Å².